The van der Waals surface area contributed by atoms with E-state index in [4.69, 9.17) is 19.3 Å². The predicted octanol–water partition coefficient (Wildman–Crippen LogP) is 3.57. The van der Waals surface area contributed by atoms with Gasteiger partial charge in [0.1, 0.15) is 6.61 Å². The first-order valence-corrected chi connectivity index (χ1v) is 9.19. The van der Waals surface area contributed by atoms with Gasteiger partial charge in [-0.1, -0.05) is 39.0 Å². The van der Waals surface area contributed by atoms with Crippen LogP contribution in [0.1, 0.15) is 71.1 Å². The highest BCUT2D eigenvalue weighted by molar-refractivity contribution is 5.69. The number of carbonyl (C=O) groups excluding carboxylic acids is 1. The van der Waals surface area contributed by atoms with Gasteiger partial charge in [-0.3, -0.25) is 9.59 Å². The van der Waals surface area contributed by atoms with Crippen molar-refractivity contribution in [1.29, 1.82) is 0 Å². The van der Waals surface area contributed by atoms with E-state index in [1.807, 2.05) is 0 Å². The average Bonchev–Trinajstić information content (AvgIpc) is 2.55. The van der Waals surface area contributed by atoms with E-state index in [9.17, 15) is 9.59 Å². The van der Waals surface area contributed by atoms with Crippen LogP contribution in [0.5, 0.6) is 0 Å². The predicted molar refractivity (Wildman–Crippen MR) is 92.1 cm³/mol. The minimum absolute atomic E-state index is 0.0924. The zero-order valence-electron chi connectivity index (χ0n) is 15.1. The van der Waals surface area contributed by atoms with Crippen molar-refractivity contribution in [2.24, 2.45) is 0 Å². The molecule has 0 aromatic carbocycles. The Morgan fingerprint density at radius 2 is 1.29 bits per heavy atom. The van der Waals surface area contributed by atoms with Gasteiger partial charge in [0.05, 0.1) is 19.8 Å². The van der Waals surface area contributed by atoms with E-state index < -0.39 is 5.97 Å². The molecule has 0 aliphatic carbocycles. The third-order valence-electron chi connectivity index (χ3n) is 3.53. The van der Waals surface area contributed by atoms with Crippen LogP contribution in [0.4, 0.5) is 0 Å². The SMILES string of the molecule is CCCCCCCCOCCOCCOC(=O)CCCCC(=O)O. The topological polar surface area (TPSA) is 82.1 Å². The number of rotatable bonds is 18. The van der Waals surface area contributed by atoms with Crippen molar-refractivity contribution in [2.75, 3.05) is 33.0 Å². The highest BCUT2D eigenvalue weighted by atomic mass is 16.6. The molecule has 0 atom stereocenters. The summed E-state index contributed by atoms with van der Waals surface area (Å²) in [6, 6.07) is 0. The van der Waals surface area contributed by atoms with Gasteiger partial charge < -0.3 is 19.3 Å². The second-order valence-corrected chi connectivity index (χ2v) is 5.81. The Labute approximate surface area is 145 Å². The van der Waals surface area contributed by atoms with Crippen molar-refractivity contribution < 1.29 is 28.9 Å². The molecule has 0 fully saturated rings. The van der Waals surface area contributed by atoms with Crippen molar-refractivity contribution in [2.45, 2.75) is 71.1 Å². The molecule has 0 saturated carbocycles. The monoisotopic (exact) mass is 346 g/mol. The van der Waals surface area contributed by atoms with E-state index in [-0.39, 0.29) is 25.4 Å². The van der Waals surface area contributed by atoms with Crippen LogP contribution in [-0.4, -0.2) is 50.1 Å². The molecule has 1 N–H and O–H groups in total. The van der Waals surface area contributed by atoms with Crippen LogP contribution in [0.25, 0.3) is 0 Å². The Bertz CT molecular complexity index is 306. The van der Waals surface area contributed by atoms with Crippen molar-refractivity contribution in [3.05, 3.63) is 0 Å². The molecule has 6 nitrogen and oxygen atoms in total. The van der Waals surface area contributed by atoms with Crippen molar-refractivity contribution in [3.63, 3.8) is 0 Å². The number of aliphatic carboxylic acids is 1. The molecule has 0 amide bonds. The Kier molecular flexibility index (Phi) is 17.3. The Morgan fingerprint density at radius 1 is 0.708 bits per heavy atom. The smallest absolute Gasteiger partial charge is 0.305 e. The normalized spacial score (nSPS) is 10.7. The fraction of sp³-hybridized carbons (Fsp3) is 0.889. The van der Waals surface area contributed by atoms with E-state index in [0.717, 1.165) is 13.0 Å². The summed E-state index contributed by atoms with van der Waals surface area (Å²) in [5.41, 5.74) is 0. The molecule has 0 heterocycles. The zero-order chi connectivity index (χ0) is 17.9. The van der Waals surface area contributed by atoms with Crippen LogP contribution in [-0.2, 0) is 23.8 Å². The molecule has 0 radical (unpaired) electrons. The van der Waals surface area contributed by atoms with Gasteiger partial charge in [-0.25, -0.2) is 0 Å². The molecule has 0 aromatic heterocycles. The lowest BCUT2D eigenvalue weighted by atomic mass is 10.1. The van der Waals surface area contributed by atoms with Gasteiger partial charge in [-0.15, -0.1) is 0 Å². The number of hydrogen-bond donors (Lipinski definition) is 1. The van der Waals surface area contributed by atoms with E-state index >= 15 is 0 Å². The van der Waals surface area contributed by atoms with Gasteiger partial charge >= 0.3 is 11.9 Å². The highest BCUT2D eigenvalue weighted by Gasteiger charge is 2.04. The lowest BCUT2D eigenvalue weighted by Gasteiger charge is -2.07. The van der Waals surface area contributed by atoms with Gasteiger partial charge in [-0.2, -0.15) is 0 Å². The second-order valence-electron chi connectivity index (χ2n) is 5.81. The third-order valence-corrected chi connectivity index (χ3v) is 3.53. The molecule has 0 saturated heterocycles. The summed E-state index contributed by atoms with van der Waals surface area (Å²) in [4.78, 5) is 21.6. The third kappa shape index (κ3) is 18.9. The number of carbonyl (C=O) groups is 2. The van der Waals surface area contributed by atoms with Crippen molar-refractivity contribution in [1.82, 2.24) is 0 Å². The first kappa shape index (κ1) is 22.9. The van der Waals surface area contributed by atoms with Crippen LogP contribution in [0.3, 0.4) is 0 Å². The summed E-state index contributed by atoms with van der Waals surface area (Å²) in [6.45, 7) is 4.66. The van der Waals surface area contributed by atoms with Crippen LogP contribution in [0, 0.1) is 0 Å². The molecule has 142 valence electrons. The van der Waals surface area contributed by atoms with E-state index in [0.29, 0.717) is 32.7 Å². The van der Waals surface area contributed by atoms with E-state index in [2.05, 4.69) is 6.92 Å². The van der Waals surface area contributed by atoms with Crippen LogP contribution in [0.2, 0.25) is 0 Å². The summed E-state index contributed by atoms with van der Waals surface area (Å²) < 4.78 is 15.8. The number of hydrogen-bond acceptors (Lipinski definition) is 5. The van der Waals surface area contributed by atoms with E-state index in [1.165, 1.54) is 32.1 Å². The molecular formula is C18H34O6. The number of unbranched alkanes of at least 4 members (excludes halogenated alkanes) is 6. The fourth-order valence-electron chi connectivity index (χ4n) is 2.14. The maximum absolute atomic E-state index is 11.3. The van der Waals surface area contributed by atoms with Crippen molar-refractivity contribution >= 4 is 11.9 Å². The summed E-state index contributed by atoms with van der Waals surface area (Å²) in [6.07, 6.45) is 8.91. The zero-order valence-corrected chi connectivity index (χ0v) is 15.1. The molecule has 0 aliphatic heterocycles. The molecule has 0 aromatic rings. The molecular weight excluding hydrogens is 312 g/mol. The van der Waals surface area contributed by atoms with E-state index in [1.54, 1.807) is 0 Å². The van der Waals surface area contributed by atoms with Crippen LogP contribution in [0.15, 0.2) is 0 Å². The quantitative estimate of drug-likeness (QED) is 0.302. The lowest BCUT2D eigenvalue weighted by molar-refractivity contribution is -0.146. The Hall–Kier alpha value is -1.14. The van der Waals surface area contributed by atoms with Gasteiger partial charge in [0, 0.05) is 19.4 Å². The summed E-state index contributed by atoms with van der Waals surface area (Å²) in [5.74, 6) is -1.14. The number of ether oxygens (including phenoxy) is 3. The number of carboxylic acids is 1. The van der Waals surface area contributed by atoms with Gasteiger partial charge in [0.15, 0.2) is 0 Å². The fourth-order valence-corrected chi connectivity index (χ4v) is 2.14. The molecule has 0 rings (SSSR count). The van der Waals surface area contributed by atoms with Gasteiger partial charge in [0.2, 0.25) is 0 Å². The average molecular weight is 346 g/mol. The standard InChI is InChI=1S/C18H34O6/c1-2-3-4-5-6-9-12-22-13-14-23-15-16-24-18(21)11-8-7-10-17(19)20/h2-16H2,1H3,(H,19,20). The maximum Gasteiger partial charge on any atom is 0.305 e. The molecule has 0 spiro atoms. The first-order chi connectivity index (χ1) is 11.7. The summed E-state index contributed by atoms with van der Waals surface area (Å²) in [7, 11) is 0. The molecule has 0 unspecified atom stereocenters. The maximum atomic E-state index is 11.3. The summed E-state index contributed by atoms with van der Waals surface area (Å²) in [5, 5.41) is 8.47. The molecule has 6 heteroatoms. The first-order valence-electron chi connectivity index (χ1n) is 9.19. The Morgan fingerprint density at radius 3 is 2.00 bits per heavy atom. The lowest BCUT2D eigenvalue weighted by Crippen LogP contribution is -2.13. The number of carboxylic acid groups (broad SMARTS) is 1. The molecule has 0 bridgehead atoms. The Balaban J connectivity index is 3.14. The highest BCUT2D eigenvalue weighted by Crippen LogP contribution is 2.04. The van der Waals surface area contributed by atoms with Gasteiger partial charge in [-0.05, 0) is 19.3 Å². The van der Waals surface area contributed by atoms with Crippen LogP contribution < -0.4 is 0 Å². The summed E-state index contributed by atoms with van der Waals surface area (Å²) >= 11 is 0. The second kappa shape index (κ2) is 18.2. The molecule has 0 aliphatic rings. The van der Waals surface area contributed by atoms with Crippen molar-refractivity contribution in [3.8, 4) is 0 Å². The minimum atomic E-state index is -0.838. The van der Waals surface area contributed by atoms with Crippen LogP contribution >= 0.6 is 0 Å². The number of esters is 1. The molecule has 24 heavy (non-hydrogen) atoms. The minimum Gasteiger partial charge on any atom is -0.481 e. The van der Waals surface area contributed by atoms with Gasteiger partial charge in [0.25, 0.3) is 0 Å². The largest absolute Gasteiger partial charge is 0.481 e.